The Labute approximate surface area is 90.1 Å². The predicted molar refractivity (Wildman–Crippen MR) is 58.5 cm³/mol. The number of hydrogen-bond acceptors (Lipinski definition) is 5. The Morgan fingerprint density at radius 3 is 1.80 bits per heavy atom. The maximum Gasteiger partial charge on any atom is 0.399 e. The highest BCUT2D eigenvalue weighted by atomic mass is 32.3. The molecule has 0 bridgehead atoms. The Hall–Kier alpha value is -1.11. The molecule has 5 nitrogen and oxygen atoms in total. The van der Waals surface area contributed by atoms with Gasteiger partial charge in [-0.2, -0.15) is 8.42 Å². The summed E-state index contributed by atoms with van der Waals surface area (Å²) in [5.74, 6) is 0. The summed E-state index contributed by atoms with van der Waals surface area (Å²) in [4.78, 5) is 0. The molecule has 0 unspecified atom stereocenters. The molecule has 0 saturated carbocycles. The van der Waals surface area contributed by atoms with E-state index < -0.39 is 10.4 Å². The lowest BCUT2D eigenvalue weighted by atomic mass is 10.2. The second-order valence-corrected chi connectivity index (χ2v) is 4.08. The fourth-order valence-electron chi connectivity index (χ4n) is 0.655. The molecule has 0 aromatic heterocycles. The van der Waals surface area contributed by atoms with Crippen molar-refractivity contribution in [3.8, 4) is 0 Å². The van der Waals surface area contributed by atoms with E-state index in [4.69, 9.17) is 5.73 Å². The van der Waals surface area contributed by atoms with Gasteiger partial charge in [-0.15, -0.1) is 0 Å². The Morgan fingerprint density at radius 2 is 1.60 bits per heavy atom. The van der Waals surface area contributed by atoms with Crippen molar-refractivity contribution >= 4 is 16.1 Å². The molecule has 0 fully saturated rings. The second-order valence-electron chi connectivity index (χ2n) is 2.60. The van der Waals surface area contributed by atoms with Gasteiger partial charge in [-0.3, -0.25) is 8.37 Å². The third-order valence-corrected chi connectivity index (χ3v) is 2.41. The highest BCUT2D eigenvalue weighted by molar-refractivity contribution is 7.81. The third-order valence-electron chi connectivity index (χ3n) is 1.60. The van der Waals surface area contributed by atoms with Gasteiger partial charge in [-0.05, 0) is 18.6 Å². The Bertz CT molecular complexity index is 358. The monoisotopic (exact) mass is 233 g/mol. The fourth-order valence-corrected chi connectivity index (χ4v) is 0.791. The molecule has 0 aliphatic rings. The maximum atomic E-state index is 9.92. The van der Waals surface area contributed by atoms with Gasteiger partial charge in [0, 0.05) is 5.69 Å². The molecule has 0 heterocycles. The van der Waals surface area contributed by atoms with Gasteiger partial charge in [-0.25, -0.2) is 0 Å². The van der Waals surface area contributed by atoms with E-state index in [9.17, 15) is 8.42 Å². The van der Waals surface area contributed by atoms with Crippen molar-refractivity contribution in [1.29, 1.82) is 0 Å². The number of nitrogen functional groups attached to an aromatic ring is 1. The quantitative estimate of drug-likeness (QED) is 0.774. The van der Waals surface area contributed by atoms with Crippen LogP contribution in [0.1, 0.15) is 5.56 Å². The molecule has 86 valence electrons. The van der Waals surface area contributed by atoms with Crippen LogP contribution in [-0.4, -0.2) is 22.6 Å². The zero-order chi connectivity index (χ0) is 11.9. The van der Waals surface area contributed by atoms with E-state index in [2.05, 4.69) is 8.37 Å². The van der Waals surface area contributed by atoms with Gasteiger partial charge in [-0.1, -0.05) is 18.2 Å². The van der Waals surface area contributed by atoms with Crippen molar-refractivity contribution in [2.24, 2.45) is 0 Å². The number of rotatable bonds is 2. The first-order valence-corrected chi connectivity index (χ1v) is 5.43. The standard InChI is InChI=1S/C7H9N.C2H6O4S/c1-6-4-2-3-5-7(6)8;1-5-7(3,4)6-2/h2-5H,8H2,1H3;1-2H3. The number of nitrogens with two attached hydrogens (primary N) is 1. The van der Waals surface area contributed by atoms with Crippen molar-refractivity contribution < 1.29 is 16.8 Å². The van der Waals surface area contributed by atoms with E-state index in [-0.39, 0.29) is 0 Å². The predicted octanol–water partition coefficient (Wildman–Crippen LogP) is 1.10. The van der Waals surface area contributed by atoms with Crippen LogP contribution in [-0.2, 0) is 18.8 Å². The zero-order valence-corrected chi connectivity index (χ0v) is 9.74. The summed E-state index contributed by atoms with van der Waals surface area (Å²) in [6.07, 6.45) is 0. The first kappa shape index (κ1) is 13.9. The van der Waals surface area contributed by atoms with Gasteiger partial charge in [0.2, 0.25) is 0 Å². The van der Waals surface area contributed by atoms with Crippen molar-refractivity contribution in [1.82, 2.24) is 0 Å². The number of para-hydroxylation sites is 1. The van der Waals surface area contributed by atoms with Crippen molar-refractivity contribution in [2.75, 3.05) is 20.0 Å². The van der Waals surface area contributed by atoms with Crippen LogP contribution < -0.4 is 5.73 Å². The molecule has 0 spiro atoms. The molecule has 0 aliphatic carbocycles. The van der Waals surface area contributed by atoms with Crippen LogP contribution in [0.15, 0.2) is 24.3 Å². The lowest BCUT2D eigenvalue weighted by Gasteiger charge is -1.93. The molecular weight excluding hydrogens is 218 g/mol. The molecule has 1 aromatic rings. The van der Waals surface area contributed by atoms with Gasteiger partial charge >= 0.3 is 10.4 Å². The van der Waals surface area contributed by atoms with Crippen molar-refractivity contribution in [3.63, 3.8) is 0 Å². The van der Waals surface area contributed by atoms with Gasteiger partial charge in [0.1, 0.15) is 0 Å². The van der Waals surface area contributed by atoms with E-state index in [1.165, 1.54) is 0 Å². The van der Waals surface area contributed by atoms with Crippen LogP contribution in [0.25, 0.3) is 0 Å². The average molecular weight is 233 g/mol. The number of anilines is 1. The summed E-state index contributed by atoms with van der Waals surface area (Å²) in [7, 11) is -1.60. The van der Waals surface area contributed by atoms with E-state index in [0.717, 1.165) is 25.5 Å². The highest BCUT2D eigenvalue weighted by Gasteiger charge is 2.01. The van der Waals surface area contributed by atoms with E-state index in [1.807, 2.05) is 31.2 Å². The number of aryl methyl sites for hydroxylation is 1. The Morgan fingerprint density at radius 1 is 1.13 bits per heavy atom. The smallest absolute Gasteiger partial charge is 0.399 e. The van der Waals surface area contributed by atoms with E-state index in [1.54, 1.807) is 0 Å². The van der Waals surface area contributed by atoms with Crippen molar-refractivity contribution in [2.45, 2.75) is 6.92 Å². The van der Waals surface area contributed by atoms with Crippen LogP contribution in [0.3, 0.4) is 0 Å². The minimum Gasteiger partial charge on any atom is -0.399 e. The summed E-state index contributed by atoms with van der Waals surface area (Å²) < 4.78 is 27.5. The van der Waals surface area contributed by atoms with Crippen LogP contribution in [0.5, 0.6) is 0 Å². The molecule has 6 heteroatoms. The van der Waals surface area contributed by atoms with Crippen LogP contribution in [0.2, 0.25) is 0 Å². The Kier molecular flexibility index (Phi) is 5.92. The van der Waals surface area contributed by atoms with Crippen molar-refractivity contribution in [3.05, 3.63) is 29.8 Å². The maximum absolute atomic E-state index is 9.92. The number of hydrogen-bond donors (Lipinski definition) is 1. The highest BCUT2D eigenvalue weighted by Crippen LogP contribution is 2.06. The lowest BCUT2D eigenvalue weighted by Crippen LogP contribution is -2.02. The average Bonchev–Trinajstić information content (AvgIpc) is 2.23. The largest absolute Gasteiger partial charge is 0.399 e. The Balaban J connectivity index is 0.000000265. The lowest BCUT2D eigenvalue weighted by molar-refractivity contribution is 0.286. The first-order valence-electron chi connectivity index (χ1n) is 4.10. The summed E-state index contributed by atoms with van der Waals surface area (Å²) in [6, 6.07) is 7.80. The number of benzene rings is 1. The summed E-state index contributed by atoms with van der Waals surface area (Å²) in [5, 5.41) is 0. The van der Waals surface area contributed by atoms with Gasteiger partial charge in [0.25, 0.3) is 0 Å². The third kappa shape index (κ3) is 6.05. The summed E-state index contributed by atoms with van der Waals surface area (Å²) >= 11 is 0. The van der Waals surface area contributed by atoms with Crippen LogP contribution in [0, 0.1) is 6.92 Å². The SMILES string of the molecule is COS(=O)(=O)OC.Cc1ccccc1N. The van der Waals surface area contributed by atoms with Gasteiger partial charge in [0.15, 0.2) is 0 Å². The first-order chi connectivity index (χ1) is 6.93. The molecule has 0 atom stereocenters. The van der Waals surface area contributed by atoms with E-state index in [0.29, 0.717) is 0 Å². The van der Waals surface area contributed by atoms with Gasteiger partial charge < -0.3 is 5.73 Å². The molecule has 0 radical (unpaired) electrons. The minimum absolute atomic E-state index is 0.868. The zero-order valence-electron chi connectivity index (χ0n) is 8.93. The van der Waals surface area contributed by atoms with E-state index >= 15 is 0 Å². The van der Waals surface area contributed by atoms with Crippen LogP contribution in [0.4, 0.5) is 5.69 Å². The fraction of sp³-hybridized carbons (Fsp3) is 0.333. The normalized spacial score (nSPS) is 10.3. The second kappa shape index (κ2) is 6.39. The molecule has 0 amide bonds. The molecule has 2 N–H and O–H groups in total. The van der Waals surface area contributed by atoms with Gasteiger partial charge in [0.05, 0.1) is 14.2 Å². The topological polar surface area (TPSA) is 78.6 Å². The molecule has 0 aliphatic heterocycles. The molecule has 1 aromatic carbocycles. The molecular formula is C9H15NO4S. The molecule has 15 heavy (non-hydrogen) atoms. The minimum atomic E-state index is -3.66. The van der Waals surface area contributed by atoms with Crippen LogP contribution >= 0.6 is 0 Å². The summed E-state index contributed by atoms with van der Waals surface area (Å²) in [5.41, 5.74) is 7.53. The molecule has 0 saturated heterocycles. The molecule has 1 rings (SSSR count). The summed E-state index contributed by atoms with van der Waals surface area (Å²) in [6.45, 7) is 2.00.